The van der Waals surface area contributed by atoms with Crippen LogP contribution in [0.5, 0.6) is 11.5 Å². The van der Waals surface area contributed by atoms with E-state index in [2.05, 4.69) is 0 Å². The van der Waals surface area contributed by atoms with Gasteiger partial charge in [0.05, 0.1) is 19.1 Å². The largest absolute Gasteiger partial charge is 0.497 e. The molecule has 0 aromatic heterocycles. The molecule has 1 fully saturated rings. The fraction of sp³-hybridized carbons (Fsp3) is 0.406. The topological polar surface area (TPSA) is 65.0 Å². The van der Waals surface area contributed by atoms with E-state index < -0.39 is 40.9 Å². The number of fused-ring (bicyclic) bond motifs is 2. The smallest absolute Gasteiger partial charge is 0.307 e. The lowest BCUT2D eigenvalue weighted by molar-refractivity contribution is -0.139. The highest BCUT2D eigenvalue weighted by Crippen LogP contribution is 2.63. The second-order valence-electron chi connectivity index (χ2n) is 11.8. The maximum absolute atomic E-state index is 15.7. The van der Waals surface area contributed by atoms with Crippen molar-refractivity contribution in [3.05, 3.63) is 82.2 Å². The maximum atomic E-state index is 15.7. The van der Waals surface area contributed by atoms with E-state index in [1.807, 2.05) is 26.8 Å². The number of carboxylic acid groups (broad SMARTS) is 1. The van der Waals surface area contributed by atoms with Gasteiger partial charge in [0.15, 0.2) is 11.6 Å². The Hall–Kier alpha value is -3.52. The first kappa shape index (κ1) is 28.0. The number of benzene rings is 3. The number of carbonyl (C=O) groups is 1. The normalized spacial score (nSPS) is 20.4. The molecule has 0 amide bonds. The molecule has 5 rings (SSSR count). The van der Waals surface area contributed by atoms with E-state index in [0.29, 0.717) is 47.3 Å². The van der Waals surface area contributed by atoms with Crippen LogP contribution in [0.3, 0.4) is 0 Å². The number of halogens is 3. The Morgan fingerprint density at radius 2 is 1.80 bits per heavy atom. The lowest BCUT2D eigenvalue weighted by Gasteiger charge is -2.32. The monoisotopic (exact) mass is 554 g/mol. The minimum absolute atomic E-state index is 0.0844. The van der Waals surface area contributed by atoms with Gasteiger partial charge in [-0.2, -0.15) is 0 Å². The summed E-state index contributed by atoms with van der Waals surface area (Å²) in [6.45, 7) is 5.95. The van der Waals surface area contributed by atoms with Gasteiger partial charge in [-0.1, -0.05) is 32.9 Å². The molecular weight excluding hydrogens is 521 g/mol. The molecule has 40 heavy (non-hydrogen) atoms. The first-order chi connectivity index (χ1) is 18.9. The van der Waals surface area contributed by atoms with Crippen molar-refractivity contribution in [2.45, 2.75) is 58.2 Å². The van der Waals surface area contributed by atoms with E-state index in [1.54, 1.807) is 31.4 Å². The Kier molecular flexibility index (Phi) is 7.11. The lowest BCUT2D eigenvalue weighted by Crippen LogP contribution is -2.21. The van der Waals surface area contributed by atoms with Crippen molar-refractivity contribution in [3.8, 4) is 22.6 Å². The van der Waals surface area contributed by atoms with Crippen molar-refractivity contribution in [2.75, 3.05) is 14.2 Å². The van der Waals surface area contributed by atoms with E-state index in [-0.39, 0.29) is 28.9 Å². The van der Waals surface area contributed by atoms with Gasteiger partial charge < -0.3 is 19.3 Å². The first-order valence-corrected chi connectivity index (χ1v) is 13.3. The molecule has 3 aromatic rings. The Balaban J connectivity index is 1.51. The van der Waals surface area contributed by atoms with Crippen LogP contribution in [0.15, 0.2) is 42.5 Å². The van der Waals surface area contributed by atoms with E-state index in [1.165, 1.54) is 13.2 Å². The lowest BCUT2D eigenvalue weighted by atomic mass is 9.81. The molecule has 0 heterocycles. The molecule has 1 N–H and O–H groups in total. The van der Waals surface area contributed by atoms with Gasteiger partial charge in [-0.25, -0.2) is 13.2 Å². The van der Waals surface area contributed by atoms with E-state index in [9.17, 15) is 14.3 Å². The minimum Gasteiger partial charge on any atom is -0.497 e. The van der Waals surface area contributed by atoms with Gasteiger partial charge in [0.2, 0.25) is 0 Å². The number of hydrogen-bond donors (Lipinski definition) is 1. The highest BCUT2D eigenvalue weighted by atomic mass is 19.1. The Morgan fingerprint density at radius 1 is 1.05 bits per heavy atom. The van der Waals surface area contributed by atoms with Gasteiger partial charge in [-0.3, -0.25) is 4.79 Å². The van der Waals surface area contributed by atoms with E-state index >= 15 is 8.78 Å². The summed E-state index contributed by atoms with van der Waals surface area (Å²) >= 11 is 0. The van der Waals surface area contributed by atoms with Crippen LogP contribution in [-0.2, 0) is 28.0 Å². The number of carboxylic acids is 1. The Labute approximate surface area is 231 Å². The zero-order chi connectivity index (χ0) is 29.0. The summed E-state index contributed by atoms with van der Waals surface area (Å²) in [4.78, 5) is 11.6. The summed E-state index contributed by atoms with van der Waals surface area (Å²) in [7, 11) is 3.10. The zero-order valence-electron chi connectivity index (χ0n) is 23.2. The molecule has 8 heteroatoms. The predicted molar refractivity (Wildman–Crippen MR) is 144 cm³/mol. The van der Waals surface area contributed by atoms with Crippen molar-refractivity contribution < 1.29 is 37.3 Å². The van der Waals surface area contributed by atoms with Gasteiger partial charge in [0.1, 0.15) is 24.0 Å². The summed E-state index contributed by atoms with van der Waals surface area (Å²) in [5.74, 6) is -3.16. The second-order valence-corrected chi connectivity index (χ2v) is 11.8. The predicted octanol–water partition coefficient (Wildman–Crippen LogP) is 7.38. The standard InChI is InChI=1S/C32H33F3O5/c1-31(2,3)29(39-5)22-12-17(6-8-19(22)21-13-18(38-4)7-9-24(21)33)16-40-26-14-25(34)20-10-11-32(27(20)28(26)35)15-23(32)30(36)37/h6-9,12-14,23,29H,10-11,15-16H2,1-5H3,(H,36,37). The van der Waals surface area contributed by atoms with Crippen LogP contribution < -0.4 is 9.47 Å². The minimum atomic E-state index is -0.995. The molecule has 0 aliphatic heterocycles. The van der Waals surface area contributed by atoms with Gasteiger partial charge in [0, 0.05) is 29.7 Å². The van der Waals surface area contributed by atoms with Gasteiger partial charge in [0.25, 0.3) is 0 Å². The molecule has 2 aliphatic carbocycles. The molecule has 0 radical (unpaired) electrons. The molecule has 212 valence electrons. The summed E-state index contributed by atoms with van der Waals surface area (Å²) < 4.78 is 62.7. The first-order valence-electron chi connectivity index (χ1n) is 13.3. The van der Waals surface area contributed by atoms with Crippen LogP contribution in [0.25, 0.3) is 11.1 Å². The Bertz CT molecular complexity index is 1480. The average molecular weight is 555 g/mol. The third-order valence-electron chi connectivity index (χ3n) is 8.25. The summed E-state index contributed by atoms with van der Waals surface area (Å²) in [5, 5.41) is 9.50. The number of hydrogen-bond acceptors (Lipinski definition) is 4. The molecule has 1 spiro atoms. The molecule has 3 aromatic carbocycles. The van der Waals surface area contributed by atoms with Crippen LogP contribution >= 0.6 is 0 Å². The second kappa shape index (κ2) is 10.1. The van der Waals surface area contributed by atoms with Crippen molar-refractivity contribution in [1.29, 1.82) is 0 Å². The van der Waals surface area contributed by atoms with Crippen molar-refractivity contribution >= 4 is 5.97 Å². The van der Waals surface area contributed by atoms with Crippen LogP contribution in [0.4, 0.5) is 13.2 Å². The van der Waals surface area contributed by atoms with E-state index in [4.69, 9.17) is 14.2 Å². The molecule has 3 atom stereocenters. The summed E-state index contributed by atoms with van der Waals surface area (Å²) in [6.07, 6.45) is 0.586. The highest BCUT2D eigenvalue weighted by molar-refractivity contribution is 5.78. The third kappa shape index (κ3) is 4.72. The van der Waals surface area contributed by atoms with E-state index in [0.717, 1.165) is 6.07 Å². The van der Waals surface area contributed by atoms with Crippen molar-refractivity contribution in [1.82, 2.24) is 0 Å². The zero-order valence-corrected chi connectivity index (χ0v) is 23.2. The quantitative estimate of drug-likeness (QED) is 0.315. The molecule has 0 saturated heterocycles. The van der Waals surface area contributed by atoms with Gasteiger partial charge in [-0.15, -0.1) is 0 Å². The number of aliphatic carboxylic acids is 1. The molecule has 2 aliphatic rings. The van der Waals surface area contributed by atoms with Crippen LogP contribution in [0, 0.1) is 28.8 Å². The molecule has 3 unspecified atom stereocenters. The van der Waals surface area contributed by atoms with Crippen LogP contribution in [0.2, 0.25) is 0 Å². The summed E-state index contributed by atoms with van der Waals surface area (Å²) in [6, 6.07) is 10.9. The maximum Gasteiger partial charge on any atom is 0.307 e. The van der Waals surface area contributed by atoms with Crippen LogP contribution in [0.1, 0.15) is 62.0 Å². The molecule has 0 bridgehead atoms. The number of rotatable bonds is 8. The van der Waals surface area contributed by atoms with Crippen molar-refractivity contribution in [2.24, 2.45) is 11.3 Å². The number of methoxy groups -OCH3 is 2. The summed E-state index contributed by atoms with van der Waals surface area (Å²) in [5.41, 5.74) is 1.50. The molecular formula is C32H33F3O5. The highest BCUT2D eigenvalue weighted by Gasteiger charge is 2.63. The Morgan fingerprint density at radius 3 is 2.42 bits per heavy atom. The molecule has 5 nitrogen and oxygen atoms in total. The molecule has 1 saturated carbocycles. The SMILES string of the molecule is COc1ccc(F)c(-c2ccc(COc3cc(F)c4c(c3F)C3(CC4)CC3C(=O)O)cc2C(OC)C(C)(C)C)c1. The van der Waals surface area contributed by atoms with Gasteiger partial charge in [-0.05, 0) is 71.2 Å². The van der Waals surface area contributed by atoms with Crippen molar-refractivity contribution in [3.63, 3.8) is 0 Å². The fourth-order valence-electron chi connectivity index (χ4n) is 6.27. The number of ether oxygens (including phenoxy) is 3. The third-order valence-corrected chi connectivity index (χ3v) is 8.25. The van der Waals surface area contributed by atoms with Crippen LogP contribution in [-0.4, -0.2) is 25.3 Å². The average Bonchev–Trinajstić information content (AvgIpc) is 3.50. The fourth-order valence-corrected chi connectivity index (χ4v) is 6.27. The van der Waals surface area contributed by atoms with Gasteiger partial charge >= 0.3 is 5.97 Å².